The van der Waals surface area contributed by atoms with Crippen LogP contribution in [0.25, 0.3) is 11.1 Å². The maximum Gasteiger partial charge on any atom is 0.309 e. The highest BCUT2D eigenvalue weighted by atomic mass is 16.7. The fourth-order valence-electron chi connectivity index (χ4n) is 3.95. The molecule has 3 aromatic rings. The summed E-state index contributed by atoms with van der Waals surface area (Å²) in [6, 6.07) is 13.8. The van der Waals surface area contributed by atoms with Crippen LogP contribution in [0.3, 0.4) is 0 Å². The Balaban J connectivity index is 1.05. The van der Waals surface area contributed by atoms with Crippen molar-refractivity contribution in [3.63, 3.8) is 0 Å². The molecule has 3 heterocycles. The van der Waals surface area contributed by atoms with Gasteiger partial charge in [0.15, 0.2) is 17.1 Å². The molecule has 1 saturated heterocycles. The number of piperidine rings is 1. The van der Waals surface area contributed by atoms with Gasteiger partial charge in [-0.2, -0.15) is 4.98 Å². The molecule has 2 N–H and O–H groups in total. The van der Waals surface area contributed by atoms with E-state index in [0.717, 1.165) is 42.6 Å². The Morgan fingerprint density at radius 1 is 1.00 bits per heavy atom. The first-order valence-electron chi connectivity index (χ1n) is 10.7. The second-order valence-electron chi connectivity index (χ2n) is 7.97. The van der Waals surface area contributed by atoms with E-state index in [2.05, 4.69) is 20.5 Å². The molecule has 0 spiro atoms. The quantitative estimate of drug-likeness (QED) is 0.591. The average molecular weight is 436 g/mol. The van der Waals surface area contributed by atoms with Crippen LogP contribution in [0.5, 0.6) is 11.5 Å². The predicted octanol–water partition coefficient (Wildman–Crippen LogP) is 2.21. The minimum atomic E-state index is -0.647. The highest BCUT2D eigenvalue weighted by Crippen LogP contribution is 2.32. The van der Waals surface area contributed by atoms with Gasteiger partial charge in [-0.05, 0) is 48.6 Å². The van der Waals surface area contributed by atoms with Gasteiger partial charge in [0, 0.05) is 26.2 Å². The van der Waals surface area contributed by atoms with Gasteiger partial charge in [-0.3, -0.25) is 9.59 Å². The molecule has 2 aromatic carbocycles. The molecule has 0 bridgehead atoms. The Kier molecular flexibility index (Phi) is 5.53. The van der Waals surface area contributed by atoms with E-state index in [0.29, 0.717) is 30.0 Å². The van der Waals surface area contributed by atoms with Gasteiger partial charge in [-0.15, -0.1) is 0 Å². The molecule has 0 saturated carbocycles. The van der Waals surface area contributed by atoms with Gasteiger partial charge < -0.3 is 29.4 Å². The van der Waals surface area contributed by atoms with Crippen molar-refractivity contribution in [2.24, 2.45) is 5.92 Å². The molecule has 5 rings (SSSR count). The molecule has 1 fully saturated rings. The molecular weight excluding hydrogens is 412 g/mol. The van der Waals surface area contributed by atoms with Crippen molar-refractivity contribution in [3.8, 4) is 11.5 Å². The number of amides is 2. The van der Waals surface area contributed by atoms with Gasteiger partial charge in [0.05, 0.1) is 0 Å². The third-order valence-electron chi connectivity index (χ3n) is 5.82. The van der Waals surface area contributed by atoms with Crippen LogP contribution in [0.1, 0.15) is 18.4 Å². The zero-order chi connectivity index (χ0) is 21.9. The summed E-state index contributed by atoms with van der Waals surface area (Å²) < 4.78 is 16.4. The number of benzene rings is 2. The van der Waals surface area contributed by atoms with Gasteiger partial charge >= 0.3 is 11.8 Å². The second kappa shape index (κ2) is 8.78. The van der Waals surface area contributed by atoms with Crippen molar-refractivity contribution in [2.45, 2.75) is 19.4 Å². The molecule has 166 valence electrons. The van der Waals surface area contributed by atoms with Crippen LogP contribution in [-0.4, -0.2) is 43.2 Å². The van der Waals surface area contributed by atoms with Crippen molar-refractivity contribution in [2.75, 3.05) is 31.3 Å². The molecule has 0 unspecified atom stereocenters. The molecule has 9 nitrogen and oxygen atoms in total. The van der Waals surface area contributed by atoms with Crippen LogP contribution < -0.4 is 25.0 Å². The SMILES string of the molecule is O=C(NCc1ccc2c(c1)OCO2)C(=O)NCC1CCN(c2nc3ccccc3o2)CC1. The maximum atomic E-state index is 12.2. The fraction of sp³-hybridized carbons (Fsp3) is 0.348. The zero-order valence-corrected chi connectivity index (χ0v) is 17.5. The Morgan fingerprint density at radius 2 is 1.78 bits per heavy atom. The van der Waals surface area contributed by atoms with E-state index in [9.17, 15) is 9.59 Å². The topological polar surface area (TPSA) is 106 Å². The highest BCUT2D eigenvalue weighted by Gasteiger charge is 2.24. The summed E-state index contributed by atoms with van der Waals surface area (Å²) in [5.41, 5.74) is 2.47. The number of rotatable bonds is 5. The molecule has 0 atom stereocenters. The first kappa shape index (κ1) is 20.2. The standard InChI is InChI=1S/C23H24N4O5/c28-21(22(29)25-13-16-5-6-19-20(11-16)31-14-30-19)24-12-15-7-9-27(10-8-15)23-26-17-3-1-2-4-18(17)32-23/h1-6,11,15H,7-10,12-14H2,(H,24,28)(H,25,29). The zero-order valence-electron chi connectivity index (χ0n) is 17.5. The molecule has 2 aliphatic heterocycles. The van der Waals surface area contributed by atoms with Gasteiger partial charge in [0.1, 0.15) is 5.52 Å². The van der Waals surface area contributed by atoms with Crippen LogP contribution in [0.2, 0.25) is 0 Å². The normalized spacial score (nSPS) is 15.7. The number of aromatic nitrogens is 1. The van der Waals surface area contributed by atoms with E-state index in [4.69, 9.17) is 13.9 Å². The summed E-state index contributed by atoms with van der Waals surface area (Å²) in [5.74, 6) is 0.366. The number of nitrogens with one attached hydrogen (secondary N) is 2. The van der Waals surface area contributed by atoms with Crippen LogP contribution in [0, 0.1) is 5.92 Å². The predicted molar refractivity (Wildman–Crippen MR) is 116 cm³/mol. The minimum Gasteiger partial charge on any atom is -0.454 e. The van der Waals surface area contributed by atoms with Crippen molar-refractivity contribution in [3.05, 3.63) is 48.0 Å². The largest absolute Gasteiger partial charge is 0.454 e. The second-order valence-corrected chi connectivity index (χ2v) is 7.97. The lowest BCUT2D eigenvalue weighted by atomic mass is 9.97. The number of oxazole rings is 1. The highest BCUT2D eigenvalue weighted by molar-refractivity contribution is 6.35. The number of para-hydroxylation sites is 2. The van der Waals surface area contributed by atoms with E-state index in [1.165, 1.54) is 0 Å². The van der Waals surface area contributed by atoms with E-state index >= 15 is 0 Å². The third-order valence-corrected chi connectivity index (χ3v) is 5.82. The number of hydrogen-bond donors (Lipinski definition) is 2. The first-order valence-corrected chi connectivity index (χ1v) is 10.7. The van der Waals surface area contributed by atoms with Gasteiger partial charge in [-0.1, -0.05) is 18.2 Å². The monoisotopic (exact) mass is 436 g/mol. The van der Waals surface area contributed by atoms with Gasteiger partial charge in [-0.25, -0.2) is 0 Å². The fourth-order valence-corrected chi connectivity index (χ4v) is 3.95. The Morgan fingerprint density at radius 3 is 2.62 bits per heavy atom. The van der Waals surface area contributed by atoms with Crippen molar-refractivity contribution in [1.82, 2.24) is 15.6 Å². The van der Waals surface area contributed by atoms with Crippen molar-refractivity contribution < 1.29 is 23.5 Å². The smallest absolute Gasteiger partial charge is 0.309 e. The molecule has 9 heteroatoms. The number of nitrogens with zero attached hydrogens (tertiary/aromatic N) is 2. The summed E-state index contributed by atoms with van der Waals surface area (Å²) in [7, 11) is 0. The Hall–Kier alpha value is -3.75. The molecule has 0 aliphatic carbocycles. The van der Waals surface area contributed by atoms with E-state index < -0.39 is 11.8 Å². The Bertz CT molecular complexity index is 1100. The Labute approximate surface area is 184 Å². The van der Waals surface area contributed by atoms with Gasteiger partial charge in [0.25, 0.3) is 6.01 Å². The average Bonchev–Trinajstić information content (AvgIpc) is 3.47. The van der Waals surface area contributed by atoms with Crippen LogP contribution in [0.4, 0.5) is 6.01 Å². The lowest BCUT2D eigenvalue weighted by Crippen LogP contribution is -2.43. The molecular formula is C23H24N4O5. The summed E-state index contributed by atoms with van der Waals surface area (Å²) >= 11 is 0. The summed E-state index contributed by atoms with van der Waals surface area (Å²) in [5, 5.41) is 5.40. The minimum absolute atomic E-state index is 0.196. The number of hydrogen-bond acceptors (Lipinski definition) is 7. The van der Waals surface area contributed by atoms with Crippen LogP contribution in [-0.2, 0) is 16.1 Å². The van der Waals surface area contributed by atoms with Crippen molar-refractivity contribution in [1.29, 1.82) is 0 Å². The molecule has 32 heavy (non-hydrogen) atoms. The van der Waals surface area contributed by atoms with E-state index in [1.807, 2.05) is 30.3 Å². The van der Waals surface area contributed by atoms with Crippen LogP contribution >= 0.6 is 0 Å². The number of fused-ring (bicyclic) bond motifs is 2. The first-order chi connectivity index (χ1) is 15.7. The molecule has 2 amide bonds. The number of carbonyl (C=O) groups is 2. The van der Waals surface area contributed by atoms with E-state index in [1.54, 1.807) is 12.1 Å². The summed E-state index contributed by atoms with van der Waals surface area (Å²) in [6.07, 6.45) is 1.77. The molecule has 0 radical (unpaired) electrons. The molecule has 2 aliphatic rings. The van der Waals surface area contributed by atoms with Crippen molar-refractivity contribution >= 4 is 28.9 Å². The summed E-state index contributed by atoms with van der Waals surface area (Å²) in [4.78, 5) is 31.0. The number of anilines is 1. The van der Waals surface area contributed by atoms with Crippen LogP contribution in [0.15, 0.2) is 46.9 Å². The molecule has 1 aromatic heterocycles. The lowest BCUT2D eigenvalue weighted by molar-refractivity contribution is -0.139. The van der Waals surface area contributed by atoms with E-state index in [-0.39, 0.29) is 13.3 Å². The maximum absolute atomic E-state index is 12.2. The van der Waals surface area contributed by atoms with Gasteiger partial charge in [0.2, 0.25) is 6.79 Å². The summed E-state index contributed by atoms with van der Waals surface area (Å²) in [6.45, 7) is 2.50. The lowest BCUT2D eigenvalue weighted by Gasteiger charge is -2.30. The number of ether oxygens (including phenoxy) is 2. The third kappa shape index (κ3) is 4.32. The number of carbonyl (C=O) groups excluding carboxylic acids is 2.